The van der Waals surface area contributed by atoms with E-state index < -0.39 is 43.5 Å². The van der Waals surface area contributed by atoms with Crippen molar-refractivity contribution in [3.8, 4) is 0 Å². The first-order chi connectivity index (χ1) is 18.8. The molecular formula is C29H26N2O8. The van der Waals surface area contributed by atoms with Crippen LogP contribution in [0, 0.1) is 0 Å². The zero-order valence-electron chi connectivity index (χ0n) is 20.9. The van der Waals surface area contributed by atoms with Gasteiger partial charge in [0.15, 0.2) is 24.8 Å². The van der Waals surface area contributed by atoms with Crippen molar-refractivity contribution in [2.24, 2.45) is 0 Å². The molecule has 0 bridgehead atoms. The number of esters is 2. The average molecular weight is 531 g/mol. The molecule has 3 rings (SSSR count). The van der Waals surface area contributed by atoms with Crippen molar-refractivity contribution < 1.29 is 38.2 Å². The summed E-state index contributed by atoms with van der Waals surface area (Å²) in [5, 5.41) is 4.99. The molecule has 0 aliphatic heterocycles. The fourth-order valence-corrected chi connectivity index (χ4v) is 3.23. The number of ether oxygens (including phenoxy) is 2. The Morgan fingerprint density at radius 1 is 0.564 bits per heavy atom. The molecule has 0 aliphatic carbocycles. The number of hydrogen-bond donors (Lipinski definition) is 2. The maximum absolute atomic E-state index is 12.3. The number of carbonyl (C=O) groups excluding carboxylic acids is 6. The van der Waals surface area contributed by atoms with Gasteiger partial charge in [-0.15, -0.1) is 0 Å². The number of benzene rings is 3. The van der Waals surface area contributed by atoms with Crippen molar-refractivity contribution in [1.82, 2.24) is 5.32 Å². The number of carbonyl (C=O) groups is 6. The largest absolute Gasteiger partial charge is 0.457 e. The molecule has 10 heteroatoms. The summed E-state index contributed by atoms with van der Waals surface area (Å²) >= 11 is 0. The van der Waals surface area contributed by atoms with E-state index in [-0.39, 0.29) is 30.0 Å². The van der Waals surface area contributed by atoms with E-state index in [1.54, 1.807) is 60.7 Å². The van der Waals surface area contributed by atoms with Crippen LogP contribution in [0.15, 0.2) is 84.9 Å². The molecule has 0 saturated carbocycles. The van der Waals surface area contributed by atoms with Crippen LogP contribution in [-0.4, -0.2) is 55.1 Å². The zero-order valence-corrected chi connectivity index (χ0v) is 20.9. The molecule has 200 valence electrons. The summed E-state index contributed by atoms with van der Waals surface area (Å²) in [6.07, 6.45) is -0.364. The van der Waals surface area contributed by atoms with Gasteiger partial charge in [0.1, 0.15) is 6.54 Å². The van der Waals surface area contributed by atoms with E-state index >= 15 is 0 Å². The molecule has 2 amide bonds. The summed E-state index contributed by atoms with van der Waals surface area (Å²) in [7, 11) is 0. The molecule has 0 saturated heterocycles. The number of Topliss-reactive ketones (excluding diaryl/α,β-unsaturated/α-hetero) is 2. The van der Waals surface area contributed by atoms with Gasteiger partial charge in [-0.2, -0.15) is 0 Å². The van der Waals surface area contributed by atoms with Crippen molar-refractivity contribution >= 4 is 41.0 Å². The molecule has 10 nitrogen and oxygen atoms in total. The van der Waals surface area contributed by atoms with Crippen molar-refractivity contribution in [2.75, 3.05) is 25.1 Å². The molecule has 3 aromatic rings. The highest BCUT2D eigenvalue weighted by molar-refractivity contribution is 6.00. The lowest BCUT2D eigenvalue weighted by molar-refractivity contribution is -0.143. The lowest BCUT2D eigenvalue weighted by atomic mass is 10.1. The van der Waals surface area contributed by atoms with E-state index in [0.717, 1.165) is 0 Å². The monoisotopic (exact) mass is 530 g/mol. The first-order valence-corrected chi connectivity index (χ1v) is 12.0. The van der Waals surface area contributed by atoms with Gasteiger partial charge in [0.05, 0.1) is 6.42 Å². The third-order valence-corrected chi connectivity index (χ3v) is 5.30. The van der Waals surface area contributed by atoms with Gasteiger partial charge in [-0.1, -0.05) is 60.7 Å². The van der Waals surface area contributed by atoms with E-state index in [1.165, 1.54) is 24.3 Å². The van der Waals surface area contributed by atoms with E-state index in [4.69, 9.17) is 9.47 Å². The Morgan fingerprint density at radius 3 is 1.62 bits per heavy atom. The van der Waals surface area contributed by atoms with Crippen LogP contribution in [0.3, 0.4) is 0 Å². The molecule has 0 fully saturated rings. The van der Waals surface area contributed by atoms with Crippen molar-refractivity contribution in [3.63, 3.8) is 0 Å². The predicted molar refractivity (Wildman–Crippen MR) is 140 cm³/mol. The minimum atomic E-state index is -0.764. The van der Waals surface area contributed by atoms with Crippen molar-refractivity contribution in [2.45, 2.75) is 12.8 Å². The van der Waals surface area contributed by atoms with Gasteiger partial charge in [-0.3, -0.25) is 28.8 Å². The number of amides is 2. The molecular weight excluding hydrogens is 504 g/mol. The maximum atomic E-state index is 12.3. The first-order valence-electron chi connectivity index (χ1n) is 12.0. The third-order valence-electron chi connectivity index (χ3n) is 5.30. The van der Waals surface area contributed by atoms with Crippen molar-refractivity contribution in [1.29, 1.82) is 0 Å². The van der Waals surface area contributed by atoms with Crippen LogP contribution in [0.5, 0.6) is 0 Å². The van der Waals surface area contributed by atoms with Gasteiger partial charge in [-0.05, 0) is 24.3 Å². The molecule has 0 aromatic heterocycles. The predicted octanol–water partition coefficient (Wildman–Crippen LogP) is 2.99. The number of hydrogen-bond acceptors (Lipinski definition) is 8. The van der Waals surface area contributed by atoms with Crippen LogP contribution in [0.25, 0.3) is 0 Å². The highest BCUT2D eigenvalue weighted by Crippen LogP contribution is 2.11. The molecule has 0 atom stereocenters. The standard InChI is InChI=1S/C29H26N2O8/c32-24(20-7-3-1-4-8-20)18-38-27(35)16-15-26(34)31-23-13-11-22(12-14-23)29(37)30-17-28(36)39-19-25(33)21-9-5-2-6-10-21/h1-14H,15-19H2,(H,30,37)(H,31,34). The van der Waals surface area contributed by atoms with Crippen molar-refractivity contribution in [3.05, 3.63) is 102 Å². The van der Waals surface area contributed by atoms with Crippen LogP contribution in [0.4, 0.5) is 5.69 Å². The summed E-state index contributed by atoms with van der Waals surface area (Å²) in [5.74, 6) is -3.14. The Labute approximate surface area is 224 Å². The highest BCUT2D eigenvalue weighted by Gasteiger charge is 2.14. The Bertz CT molecular complexity index is 1320. The van der Waals surface area contributed by atoms with E-state index in [9.17, 15) is 28.8 Å². The van der Waals surface area contributed by atoms with Crippen LogP contribution in [-0.2, 0) is 23.9 Å². The lowest BCUT2D eigenvalue weighted by Gasteiger charge is -2.08. The summed E-state index contributed by atoms with van der Waals surface area (Å²) in [4.78, 5) is 72.0. The minimum absolute atomic E-state index is 0.157. The maximum Gasteiger partial charge on any atom is 0.325 e. The Balaban J connectivity index is 1.34. The van der Waals surface area contributed by atoms with E-state index in [0.29, 0.717) is 16.8 Å². The van der Waals surface area contributed by atoms with Crippen LogP contribution in [0.1, 0.15) is 43.9 Å². The normalized spacial score (nSPS) is 10.2. The Morgan fingerprint density at radius 2 is 1.08 bits per heavy atom. The van der Waals surface area contributed by atoms with E-state index in [1.807, 2.05) is 0 Å². The second-order valence-electron chi connectivity index (χ2n) is 8.21. The molecule has 0 unspecified atom stereocenters. The second kappa shape index (κ2) is 14.6. The van der Waals surface area contributed by atoms with E-state index in [2.05, 4.69) is 10.6 Å². The summed E-state index contributed by atoms with van der Waals surface area (Å²) in [6, 6.07) is 22.6. The second-order valence-corrected chi connectivity index (χ2v) is 8.21. The fourth-order valence-electron chi connectivity index (χ4n) is 3.23. The summed E-state index contributed by atoms with van der Waals surface area (Å²) in [5.41, 5.74) is 1.46. The van der Waals surface area contributed by atoms with Gasteiger partial charge in [0.25, 0.3) is 5.91 Å². The van der Waals surface area contributed by atoms with Gasteiger partial charge < -0.3 is 20.1 Å². The number of rotatable bonds is 13. The van der Waals surface area contributed by atoms with Gasteiger partial charge >= 0.3 is 11.9 Å². The molecule has 0 aliphatic rings. The minimum Gasteiger partial charge on any atom is -0.457 e. The first kappa shape index (κ1) is 28.5. The number of anilines is 1. The summed E-state index contributed by atoms with van der Waals surface area (Å²) < 4.78 is 9.82. The smallest absolute Gasteiger partial charge is 0.325 e. The fraction of sp³-hybridized carbons (Fsp3) is 0.172. The van der Waals surface area contributed by atoms with Crippen LogP contribution in [0.2, 0.25) is 0 Å². The molecule has 3 aromatic carbocycles. The SMILES string of the molecule is O=C(CCC(=O)OCC(=O)c1ccccc1)Nc1ccc(C(=O)NCC(=O)OCC(=O)c2ccccc2)cc1. The van der Waals surface area contributed by atoms with Crippen LogP contribution < -0.4 is 10.6 Å². The number of ketones is 2. The molecule has 0 radical (unpaired) electrons. The Hall–Kier alpha value is -5.12. The molecule has 2 N–H and O–H groups in total. The quantitative estimate of drug-likeness (QED) is 0.253. The average Bonchev–Trinajstić information content (AvgIpc) is 2.97. The molecule has 39 heavy (non-hydrogen) atoms. The van der Waals surface area contributed by atoms with Gasteiger partial charge in [0.2, 0.25) is 5.91 Å². The van der Waals surface area contributed by atoms with Crippen LogP contribution >= 0.6 is 0 Å². The highest BCUT2D eigenvalue weighted by atomic mass is 16.5. The molecule has 0 heterocycles. The third kappa shape index (κ3) is 9.69. The lowest BCUT2D eigenvalue weighted by Crippen LogP contribution is -2.31. The topological polar surface area (TPSA) is 145 Å². The Kier molecular flexibility index (Phi) is 10.6. The van der Waals surface area contributed by atoms with Gasteiger partial charge in [0, 0.05) is 28.8 Å². The summed E-state index contributed by atoms with van der Waals surface area (Å²) in [6.45, 7) is -1.26. The number of nitrogens with one attached hydrogen (secondary N) is 2. The molecule has 0 spiro atoms. The van der Waals surface area contributed by atoms with Gasteiger partial charge in [-0.25, -0.2) is 0 Å². The zero-order chi connectivity index (χ0) is 28.0.